The average Bonchev–Trinajstić information content (AvgIpc) is 2.42. The molecule has 0 bridgehead atoms. The number of nitrogens with one attached hydrogen (secondary N) is 1. The highest BCUT2D eigenvalue weighted by Crippen LogP contribution is 2.25. The van der Waals surface area contributed by atoms with Crippen LogP contribution in [0.4, 0.5) is 0 Å². The summed E-state index contributed by atoms with van der Waals surface area (Å²) in [6, 6.07) is 0. The standard InChI is InChI=1S/C5H10N2/c1-6-7-4-5-2-3-5/h4-6H,2-3H2,1H3/b7-4-. The van der Waals surface area contributed by atoms with E-state index in [9.17, 15) is 0 Å². The van der Waals surface area contributed by atoms with Crippen molar-refractivity contribution in [3.63, 3.8) is 0 Å². The minimum absolute atomic E-state index is 0.799. The Morgan fingerprint density at radius 2 is 2.43 bits per heavy atom. The predicted octanol–water partition coefficient (Wildman–Crippen LogP) is 0.602. The van der Waals surface area contributed by atoms with E-state index in [1.165, 1.54) is 12.8 Å². The van der Waals surface area contributed by atoms with Crippen LogP contribution < -0.4 is 5.43 Å². The van der Waals surface area contributed by atoms with Crippen molar-refractivity contribution in [2.24, 2.45) is 11.0 Å². The monoisotopic (exact) mass is 98.1 g/mol. The Labute approximate surface area is 43.6 Å². The van der Waals surface area contributed by atoms with Gasteiger partial charge in [0.05, 0.1) is 0 Å². The lowest BCUT2D eigenvalue weighted by molar-refractivity contribution is 0.897. The molecule has 1 aliphatic rings. The van der Waals surface area contributed by atoms with E-state index in [1.807, 2.05) is 13.3 Å². The lowest BCUT2D eigenvalue weighted by atomic mass is 10.5. The van der Waals surface area contributed by atoms with E-state index < -0.39 is 0 Å². The maximum atomic E-state index is 3.86. The van der Waals surface area contributed by atoms with Gasteiger partial charge in [0.2, 0.25) is 0 Å². The minimum atomic E-state index is 0.799. The third-order valence-corrected chi connectivity index (χ3v) is 1.04. The van der Waals surface area contributed by atoms with Crippen LogP contribution >= 0.6 is 0 Å². The van der Waals surface area contributed by atoms with Crippen LogP contribution in [-0.2, 0) is 0 Å². The normalized spacial score (nSPS) is 20.7. The third kappa shape index (κ3) is 1.57. The van der Waals surface area contributed by atoms with E-state index in [1.54, 1.807) is 0 Å². The zero-order chi connectivity index (χ0) is 5.11. The molecular formula is C5H10N2. The van der Waals surface area contributed by atoms with Crippen LogP contribution in [0.1, 0.15) is 12.8 Å². The molecule has 0 aliphatic heterocycles. The smallest absolute Gasteiger partial charge is 0.0273 e. The van der Waals surface area contributed by atoms with E-state index in [0.717, 1.165) is 5.92 Å². The van der Waals surface area contributed by atoms with Gasteiger partial charge in [-0.3, -0.25) is 0 Å². The molecule has 0 aromatic rings. The largest absolute Gasteiger partial charge is 0.313 e. The first-order valence-electron chi connectivity index (χ1n) is 2.63. The lowest BCUT2D eigenvalue weighted by Crippen LogP contribution is -1.93. The summed E-state index contributed by atoms with van der Waals surface area (Å²) in [4.78, 5) is 0. The molecule has 40 valence electrons. The first-order chi connectivity index (χ1) is 3.43. The number of hydrazone groups is 1. The van der Waals surface area contributed by atoms with Crippen LogP contribution in [0, 0.1) is 5.92 Å². The summed E-state index contributed by atoms with van der Waals surface area (Å²) in [5, 5.41) is 3.86. The Morgan fingerprint density at radius 3 is 2.86 bits per heavy atom. The zero-order valence-electron chi connectivity index (χ0n) is 4.52. The van der Waals surface area contributed by atoms with Gasteiger partial charge in [0, 0.05) is 13.3 Å². The SMILES string of the molecule is CN/N=C\C1CC1. The third-order valence-electron chi connectivity index (χ3n) is 1.04. The van der Waals surface area contributed by atoms with E-state index in [0.29, 0.717) is 0 Å². The van der Waals surface area contributed by atoms with Gasteiger partial charge in [-0.2, -0.15) is 5.10 Å². The van der Waals surface area contributed by atoms with Gasteiger partial charge < -0.3 is 5.43 Å². The van der Waals surface area contributed by atoms with Crippen molar-refractivity contribution in [1.82, 2.24) is 5.43 Å². The molecule has 1 aliphatic carbocycles. The van der Waals surface area contributed by atoms with E-state index in [2.05, 4.69) is 10.5 Å². The van der Waals surface area contributed by atoms with Gasteiger partial charge in [-0.05, 0) is 18.8 Å². The molecule has 7 heavy (non-hydrogen) atoms. The van der Waals surface area contributed by atoms with E-state index >= 15 is 0 Å². The molecule has 0 saturated heterocycles. The summed E-state index contributed by atoms with van der Waals surface area (Å²) >= 11 is 0. The van der Waals surface area contributed by atoms with Gasteiger partial charge in [0.25, 0.3) is 0 Å². The van der Waals surface area contributed by atoms with Crippen LogP contribution in [0.5, 0.6) is 0 Å². The summed E-state index contributed by atoms with van der Waals surface area (Å²) in [5.74, 6) is 0.799. The maximum absolute atomic E-state index is 3.86. The molecular weight excluding hydrogens is 88.1 g/mol. The van der Waals surface area contributed by atoms with Gasteiger partial charge >= 0.3 is 0 Å². The second kappa shape index (κ2) is 1.96. The molecule has 1 N–H and O–H groups in total. The fourth-order valence-electron chi connectivity index (χ4n) is 0.425. The predicted molar refractivity (Wildman–Crippen MR) is 30.3 cm³/mol. The number of hydrogen-bond donors (Lipinski definition) is 1. The molecule has 2 nitrogen and oxygen atoms in total. The molecule has 0 atom stereocenters. The first kappa shape index (κ1) is 4.62. The molecule has 0 spiro atoms. The van der Waals surface area contributed by atoms with Gasteiger partial charge in [-0.15, -0.1) is 0 Å². The molecule has 1 saturated carbocycles. The highest BCUT2D eigenvalue weighted by molar-refractivity contribution is 5.63. The van der Waals surface area contributed by atoms with Crippen LogP contribution in [0.15, 0.2) is 5.10 Å². The maximum Gasteiger partial charge on any atom is 0.0273 e. The highest BCUT2D eigenvalue weighted by atomic mass is 15.3. The summed E-state index contributed by atoms with van der Waals surface area (Å²) in [5.41, 5.74) is 2.71. The van der Waals surface area contributed by atoms with Crippen LogP contribution in [0.3, 0.4) is 0 Å². The molecule has 1 fully saturated rings. The van der Waals surface area contributed by atoms with Gasteiger partial charge in [0.15, 0.2) is 0 Å². The fourth-order valence-corrected chi connectivity index (χ4v) is 0.425. The van der Waals surface area contributed by atoms with Gasteiger partial charge in [-0.1, -0.05) is 0 Å². The molecule has 0 amide bonds. The number of hydrogen-bond acceptors (Lipinski definition) is 2. The quantitative estimate of drug-likeness (QED) is 0.397. The average molecular weight is 98.1 g/mol. The Morgan fingerprint density at radius 1 is 1.71 bits per heavy atom. The van der Waals surface area contributed by atoms with Crippen LogP contribution in [-0.4, -0.2) is 13.3 Å². The van der Waals surface area contributed by atoms with Crippen molar-refractivity contribution in [3.05, 3.63) is 0 Å². The summed E-state index contributed by atoms with van der Waals surface area (Å²) in [6.45, 7) is 0. The lowest BCUT2D eigenvalue weighted by Gasteiger charge is -1.80. The molecule has 0 heterocycles. The Balaban J connectivity index is 2.05. The molecule has 0 unspecified atom stereocenters. The molecule has 2 heteroatoms. The number of nitrogens with zero attached hydrogens (tertiary/aromatic N) is 1. The van der Waals surface area contributed by atoms with Crippen molar-refractivity contribution in [2.45, 2.75) is 12.8 Å². The number of rotatable bonds is 2. The minimum Gasteiger partial charge on any atom is -0.313 e. The second-order valence-electron chi connectivity index (χ2n) is 1.84. The van der Waals surface area contributed by atoms with Crippen molar-refractivity contribution >= 4 is 6.21 Å². The van der Waals surface area contributed by atoms with Crippen LogP contribution in [0.25, 0.3) is 0 Å². The molecule has 0 aromatic carbocycles. The Hall–Kier alpha value is -0.530. The Bertz CT molecular complexity index is 74.1. The van der Waals surface area contributed by atoms with Crippen molar-refractivity contribution in [2.75, 3.05) is 7.05 Å². The van der Waals surface area contributed by atoms with Crippen LogP contribution in [0.2, 0.25) is 0 Å². The fraction of sp³-hybridized carbons (Fsp3) is 0.800. The summed E-state index contributed by atoms with van der Waals surface area (Å²) in [6.07, 6.45) is 4.65. The zero-order valence-corrected chi connectivity index (χ0v) is 4.52. The van der Waals surface area contributed by atoms with E-state index in [-0.39, 0.29) is 0 Å². The second-order valence-corrected chi connectivity index (χ2v) is 1.84. The van der Waals surface area contributed by atoms with Crippen molar-refractivity contribution in [1.29, 1.82) is 0 Å². The molecule has 0 aromatic heterocycles. The van der Waals surface area contributed by atoms with Gasteiger partial charge in [0.1, 0.15) is 0 Å². The topological polar surface area (TPSA) is 24.4 Å². The van der Waals surface area contributed by atoms with Crippen molar-refractivity contribution in [3.8, 4) is 0 Å². The highest BCUT2D eigenvalue weighted by Gasteiger charge is 2.17. The van der Waals surface area contributed by atoms with E-state index in [4.69, 9.17) is 0 Å². The first-order valence-corrected chi connectivity index (χ1v) is 2.63. The summed E-state index contributed by atoms with van der Waals surface area (Å²) in [7, 11) is 1.82. The van der Waals surface area contributed by atoms with Gasteiger partial charge in [-0.25, -0.2) is 0 Å². The van der Waals surface area contributed by atoms with Crippen molar-refractivity contribution < 1.29 is 0 Å². The Kier molecular flexibility index (Phi) is 1.29. The summed E-state index contributed by atoms with van der Waals surface area (Å²) < 4.78 is 0. The molecule has 1 rings (SSSR count). The molecule has 0 radical (unpaired) electrons.